The first kappa shape index (κ1) is 17.7. The van der Waals surface area contributed by atoms with Crippen molar-refractivity contribution in [2.24, 2.45) is 0 Å². The van der Waals surface area contributed by atoms with Crippen molar-refractivity contribution in [2.75, 3.05) is 12.0 Å². The van der Waals surface area contributed by atoms with Gasteiger partial charge < -0.3 is 4.74 Å². The number of rotatable bonds is 5. The number of para-hydroxylation sites is 1. The lowest BCUT2D eigenvalue weighted by Crippen LogP contribution is -2.45. The van der Waals surface area contributed by atoms with Gasteiger partial charge in [-0.15, -0.1) is 0 Å². The SMILES string of the molecule is COC(=O)[C@@H](C)N(C(=O)Cc1ccccc1)c1c(C)cccc1C. The van der Waals surface area contributed by atoms with E-state index in [4.69, 9.17) is 4.74 Å². The number of aryl methyl sites for hydroxylation is 2. The standard InChI is InChI=1S/C20H23NO3/c1-14-9-8-10-15(2)19(14)21(16(3)20(23)24-4)18(22)13-17-11-6-5-7-12-17/h5-12,16H,13H2,1-4H3/t16-/m1/s1. The van der Waals surface area contributed by atoms with Crippen molar-refractivity contribution in [3.05, 3.63) is 65.2 Å². The molecule has 2 aromatic rings. The van der Waals surface area contributed by atoms with Crippen LogP contribution in [-0.2, 0) is 20.7 Å². The van der Waals surface area contributed by atoms with Gasteiger partial charge in [-0.3, -0.25) is 9.69 Å². The predicted molar refractivity (Wildman–Crippen MR) is 95.0 cm³/mol. The van der Waals surface area contributed by atoms with Gasteiger partial charge >= 0.3 is 5.97 Å². The average Bonchev–Trinajstić information content (AvgIpc) is 2.57. The second kappa shape index (κ2) is 7.77. The fourth-order valence-electron chi connectivity index (χ4n) is 2.85. The van der Waals surface area contributed by atoms with Gasteiger partial charge in [-0.25, -0.2) is 4.79 Å². The number of anilines is 1. The summed E-state index contributed by atoms with van der Waals surface area (Å²) in [5.41, 5.74) is 3.59. The fraction of sp³-hybridized carbons (Fsp3) is 0.300. The summed E-state index contributed by atoms with van der Waals surface area (Å²) >= 11 is 0. The molecule has 2 rings (SSSR count). The van der Waals surface area contributed by atoms with Crippen molar-refractivity contribution in [1.82, 2.24) is 0 Å². The molecule has 4 heteroatoms. The van der Waals surface area contributed by atoms with Gasteiger partial charge in [0.15, 0.2) is 0 Å². The van der Waals surface area contributed by atoms with Gasteiger partial charge in [0.25, 0.3) is 0 Å². The maximum Gasteiger partial charge on any atom is 0.328 e. The molecule has 0 spiro atoms. The Morgan fingerprint density at radius 1 is 1.00 bits per heavy atom. The molecule has 0 saturated heterocycles. The minimum absolute atomic E-state index is 0.128. The normalized spacial score (nSPS) is 11.7. The third-order valence-electron chi connectivity index (χ3n) is 4.08. The Bertz CT molecular complexity index is 705. The van der Waals surface area contributed by atoms with Crippen molar-refractivity contribution >= 4 is 17.6 Å². The van der Waals surface area contributed by atoms with E-state index in [2.05, 4.69) is 0 Å². The number of benzene rings is 2. The van der Waals surface area contributed by atoms with Crippen LogP contribution in [0.5, 0.6) is 0 Å². The number of methoxy groups -OCH3 is 1. The summed E-state index contributed by atoms with van der Waals surface area (Å²) in [5.74, 6) is -0.560. The van der Waals surface area contributed by atoms with Crippen LogP contribution < -0.4 is 4.90 Å². The number of hydrogen-bond acceptors (Lipinski definition) is 3. The summed E-state index contributed by atoms with van der Waals surface area (Å²) in [6, 6.07) is 14.7. The molecule has 0 aliphatic heterocycles. The number of ether oxygens (including phenoxy) is 1. The second-order valence-electron chi connectivity index (χ2n) is 5.87. The molecule has 0 fully saturated rings. The van der Waals surface area contributed by atoms with E-state index in [0.29, 0.717) is 0 Å². The molecule has 2 aromatic carbocycles. The van der Waals surface area contributed by atoms with Gasteiger partial charge in [-0.05, 0) is 37.5 Å². The Morgan fingerprint density at radius 3 is 2.12 bits per heavy atom. The van der Waals surface area contributed by atoms with Gasteiger partial charge in [-0.2, -0.15) is 0 Å². The highest BCUT2D eigenvalue weighted by Gasteiger charge is 2.30. The van der Waals surface area contributed by atoms with Crippen LogP contribution in [0.3, 0.4) is 0 Å². The molecule has 0 saturated carbocycles. The van der Waals surface area contributed by atoms with Crippen LogP contribution in [0, 0.1) is 13.8 Å². The highest BCUT2D eigenvalue weighted by Crippen LogP contribution is 2.27. The minimum atomic E-state index is -0.689. The largest absolute Gasteiger partial charge is 0.467 e. The van der Waals surface area contributed by atoms with Crippen molar-refractivity contribution < 1.29 is 14.3 Å². The van der Waals surface area contributed by atoms with Gasteiger partial charge in [0.05, 0.1) is 19.2 Å². The molecule has 0 radical (unpaired) electrons. The highest BCUT2D eigenvalue weighted by atomic mass is 16.5. The predicted octanol–water partition coefficient (Wildman–Crippen LogP) is 3.44. The van der Waals surface area contributed by atoms with Gasteiger partial charge in [-0.1, -0.05) is 48.5 Å². The molecular formula is C20H23NO3. The molecule has 0 heterocycles. The molecule has 24 heavy (non-hydrogen) atoms. The lowest BCUT2D eigenvalue weighted by molar-refractivity contribution is -0.143. The van der Waals surface area contributed by atoms with Crippen LogP contribution in [-0.4, -0.2) is 25.0 Å². The molecule has 1 amide bonds. The zero-order valence-electron chi connectivity index (χ0n) is 14.6. The maximum absolute atomic E-state index is 13.0. The Balaban J connectivity index is 2.43. The third-order valence-corrected chi connectivity index (χ3v) is 4.08. The van der Waals surface area contributed by atoms with E-state index in [9.17, 15) is 9.59 Å². The summed E-state index contributed by atoms with van der Waals surface area (Å²) in [5, 5.41) is 0. The van der Waals surface area contributed by atoms with Crippen LogP contribution in [0.1, 0.15) is 23.6 Å². The molecule has 0 unspecified atom stereocenters. The van der Waals surface area contributed by atoms with Gasteiger partial charge in [0.1, 0.15) is 6.04 Å². The number of nitrogens with zero attached hydrogens (tertiary/aromatic N) is 1. The quantitative estimate of drug-likeness (QED) is 0.791. The van der Waals surface area contributed by atoms with Crippen molar-refractivity contribution in [2.45, 2.75) is 33.2 Å². The molecule has 0 N–H and O–H groups in total. The van der Waals surface area contributed by atoms with Crippen LogP contribution in [0.2, 0.25) is 0 Å². The monoisotopic (exact) mass is 325 g/mol. The lowest BCUT2D eigenvalue weighted by Gasteiger charge is -2.30. The number of carbonyl (C=O) groups excluding carboxylic acids is 2. The molecule has 0 aliphatic carbocycles. The lowest BCUT2D eigenvalue weighted by atomic mass is 10.0. The number of carbonyl (C=O) groups is 2. The summed E-state index contributed by atoms with van der Waals surface area (Å²) in [7, 11) is 1.34. The Morgan fingerprint density at radius 2 is 1.58 bits per heavy atom. The number of hydrogen-bond donors (Lipinski definition) is 0. The second-order valence-corrected chi connectivity index (χ2v) is 5.87. The molecular weight excluding hydrogens is 302 g/mol. The molecule has 0 aliphatic rings. The van der Waals surface area contributed by atoms with Gasteiger partial charge in [0, 0.05) is 0 Å². The number of amides is 1. The molecule has 0 bridgehead atoms. The smallest absolute Gasteiger partial charge is 0.328 e. The van der Waals surface area contributed by atoms with Crippen LogP contribution in [0.15, 0.2) is 48.5 Å². The van der Waals surface area contributed by atoms with E-state index in [-0.39, 0.29) is 12.3 Å². The average molecular weight is 325 g/mol. The number of esters is 1. The zero-order valence-corrected chi connectivity index (χ0v) is 14.6. The van der Waals surface area contributed by atoms with E-state index in [0.717, 1.165) is 22.4 Å². The first-order chi connectivity index (χ1) is 11.5. The van der Waals surface area contributed by atoms with E-state index >= 15 is 0 Å². The van der Waals surface area contributed by atoms with Crippen molar-refractivity contribution in [3.8, 4) is 0 Å². The zero-order chi connectivity index (χ0) is 17.7. The van der Waals surface area contributed by atoms with E-state index < -0.39 is 12.0 Å². The maximum atomic E-state index is 13.0. The van der Waals surface area contributed by atoms with Gasteiger partial charge in [0.2, 0.25) is 5.91 Å². The minimum Gasteiger partial charge on any atom is -0.467 e. The van der Waals surface area contributed by atoms with E-state index in [1.165, 1.54) is 7.11 Å². The van der Waals surface area contributed by atoms with E-state index in [1.807, 2.05) is 62.4 Å². The summed E-state index contributed by atoms with van der Waals surface area (Å²) in [6.07, 6.45) is 0.232. The highest BCUT2D eigenvalue weighted by molar-refractivity contribution is 6.01. The summed E-state index contributed by atoms with van der Waals surface area (Å²) < 4.78 is 4.86. The topological polar surface area (TPSA) is 46.6 Å². The Labute approximate surface area is 143 Å². The molecule has 0 aromatic heterocycles. The van der Waals surface area contributed by atoms with Crippen molar-refractivity contribution in [1.29, 1.82) is 0 Å². The first-order valence-corrected chi connectivity index (χ1v) is 7.95. The Hall–Kier alpha value is -2.62. The molecule has 126 valence electrons. The van der Waals surface area contributed by atoms with E-state index in [1.54, 1.807) is 11.8 Å². The molecule has 4 nitrogen and oxygen atoms in total. The fourth-order valence-corrected chi connectivity index (χ4v) is 2.85. The van der Waals surface area contributed by atoms with Crippen LogP contribution >= 0.6 is 0 Å². The Kier molecular flexibility index (Phi) is 5.74. The van der Waals surface area contributed by atoms with Crippen LogP contribution in [0.25, 0.3) is 0 Å². The van der Waals surface area contributed by atoms with Crippen LogP contribution in [0.4, 0.5) is 5.69 Å². The summed E-state index contributed by atoms with van der Waals surface area (Å²) in [4.78, 5) is 26.6. The van der Waals surface area contributed by atoms with Crippen molar-refractivity contribution in [3.63, 3.8) is 0 Å². The third kappa shape index (κ3) is 3.82. The summed E-state index contributed by atoms with van der Waals surface area (Å²) in [6.45, 7) is 5.57. The molecule has 1 atom stereocenters. The first-order valence-electron chi connectivity index (χ1n) is 7.95.